The number of amides is 1. The number of aromatic nitrogens is 2. The van der Waals surface area contributed by atoms with E-state index in [-0.39, 0.29) is 18.4 Å². The molecule has 3 rings (SSSR count). The predicted molar refractivity (Wildman–Crippen MR) is 98.2 cm³/mol. The first-order chi connectivity index (χ1) is 12.0. The SMILES string of the molecule is Cc1oc(-c2cccs2)nc1CC(=O)N(Cc1cccnc1)C(C)C. The molecule has 0 atom stereocenters. The van der Waals surface area contributed by atoms with Gasteiger partial charge in [-0.25, -0.2) is 4.98 Å². The summed E-state index contributed by atoms with van der Waals surface area (Å²) in [5, 5.41) is 1.98. The Morgan fingerprint density at radius 1 is 1.32 bits per heavy atom. The van der Waals surface area contributed by atoms with Gasteiger partial charge in [-0.05, 0) is 43.8 Å². The molecule has 0 aliphatic heterocycles. The van der Waals surface area contributed by atoms with Crippen molar-refractivity contribution in [2.45, 2.75) is 39.8 Å². The van der Waals surface area contributed by atoms with Crippen LogP contribution < -0.4 is 0 Å². The average molecular weight is 355 g/mol. The highest BCUT2D eigenvalue weighted by molar-refractivity contribution is 7.13. The van der Waals surface area contributed by atoms with E-state index in [9.17, 15) is 4.79 Å². The highest BCUT2D eigenvalue weighted by Gasteiger charge is 2.21. The molecule has 0 bridgehead atoms. The summed E-state index contributed by atoms with van der Waals surface area (Å²) in [5.74, 6) is 1.31. The van der Waals surface area contributed by atoms with E-state index in [0.717, 1.165) is 10.4 Å². The lowest BCUT2D eigenvalue weighted by molar-refractivity contribution is -0.132. The second-order valence-corrected chi connectivity index (χ2v) is 7.10. The third-order valence-corrected chi connectivity index (χ3v) is 4.82. The van der Waals surface area contributed by atoms with Crippen LogP contribution in [0, 0.1) is 6.92 Å². The van der Waals surface area contributed by atoms with Gasteiger partial charge in [0.2, 0.25) is 11.8 Å². The van der Waals surface area contributed by atoms with Gasteiger partial charge in [0.25, 0.3) is 0 Å². The van der Waals surface area contributed by atoms with Gasteiger partial charge >= 0.3 is 0 Å². The Labute approximate surface area is 151 Å². The van der Waals surface area contributed by atoms with Gasteiger partial charge in [0, 0.05) is 25.0 Å². The molecule has 6 heteroatoms. The number of hydrogen-bond donors (Lipinski definition) is 0. The highest BCUT2D eigenvalue weighted by Crippen LogP contribution is 2.26. The Morgan fingerprint density at radius 2 is 2.16 bits per heavy atom. The van der Waals surface area contributed by atoms with E-state index in [1.54, 1.807) is 23.7 Å². The van der Waals surface area contributed by atoms with Gasteiger partial charge in [-0.15, -0.1) is 11.3 Å². The zero-order valence-electron chi connectivity index (χ0n) is 14.6. The molecular weight excluding hydrogens is 334 g/mol. The average Bonchev–Trinajstić information content (AvgIpc) is 3.23. The summed E-state index contributed by atoms with van der Waals surface area (Å²) < 4.78 is 5.74. The van der Waals surface area contributed by atoms with Crippen LogP contribution in [0.2, 0.25) is 0 Å². The summed E-state index contributed by atoms with van der Waals surface area (Å²) >= 11 is 1.57. The molecule has 0 saturated heterocycles. The van der Waals surface area contributed by atoms with E-state index < -0.39 is 0 Å². The Hall–Kier alpha value is -2.47. The monoisotopic (exact) mass is 355 g/mol. The molecule has 25 heavy (non-hydrogen) atoms. The number of carbonyl (C=O) groups is 1. The molecular formula is C19H21N3O2S. The van der Waals surface area contributed by atoms with Gasteiger partial charge in [0.15, 0.2) is 0 Å². The van der Waals surface area contributed by atoms with Gasteiger partial charge in [0.05, 0.1) is 17.0 Å². The molecule has 3 aromatic heterocycles. The molecule has 0 aliphatic carbocycles. The van der Waals surface area contributed by atoms with Crippen molar-refractivity contribution in [3.05, 3.63) is 59.1 Å². The molecule has 130 valence electrons. The number of carbonyl (C=O) groups excluding carboxylic acids is 1. The molecule has 3 heterocycles. The lowest BCUT2D eigenvalue weighted by atomic mass is 10.2. The van der Waals surface area contributed by atoms with Gasteiger partial charge in [-0.1, -0.05) is 12.1 Å². The van der Waals surface area contributed by atoms with Crippen molar-refractivity contribution in [3.63, 3.8) is 0 Å². The molecule has 0 aliphatic rings. The van der Waals surface area contributed by atoms with E-state index in [2.05, 4.69) is 9.97 Å². The van der Waals surface area contributed by atoms with Gasteiger partial charge in [-0.3, -0.25) is 9.78 Å². The molecule has 1 amide bonds. The number of aryl methyl sites for hydroxylation is 1. The second kappa shape index (κ2) is 7.61. The van der Waals surface area contributed by atoms with Crippen LogP contribution in [0.1, 0.15) is 30.9 Å². The summed E-state index contributed by atoms with van der Waals surface area (Å²) in [7, 11) is 0. The van der Waals surface area contributed by atoms with Crippen molar-refractivity contribution < 1.29 is 9.21 Å². The van der Waals surface area contributed by atoms with Crippen molar-refractivity contribution in [2.24, 2.45) is 0 Å². The van der Waals surface area contributed by atoms with Crippen molar-refractivity contribution >= 4 is 17.2 Å². The molecule has 5 nitrogen and oxygen atoms in total. The standard InChI is InChI=1S/C19H21N3O2S/c1-13(2)22(12-15-6-4-8-20-11-15)18(23)10-16-14(3)24-19(21-16)17-7-5-9-25-17/h4-9,11,13H,10,12H2,1-3H3. The van der Waals surface area contributed by atoms with Crippen molar-refractivity contribution in [2.75, 3.05) is 0 Å². The van der Waals surface area contributed by atoms with Gasteiger partial charge in [-0.2, -0.15) is 0 Å². The Balaban J connectivity index is 1.75. The van der Waals surface area contributed by atoms with Crippen LogP contribution in [0.4, 0.5) is 0 Å². The fraction of sp³-hybridized carbons (Fsp3) is 0.316. The maximum absolute atomic E-state index is 12.8. The predicted octanol–water partition coefficient (Wildman–Crippen LogP) is 4.09. The second-order valence-electron chi connectivity index (χ2n) is 6.15. The zero-order valence-corrected chi connectivity index (χ0v) is 15.4. The Morgan fingerprint density at radius 3 is 2.80 bits per heavy atom. The Bertz CT molecular complexity index is 826. The van der Waals surface area contributed by atoms with Crippen LogP contribution >= 0.6 is 11.3 Å². The molecule has 0 unspecified atom stereocenters. The first-order valence-electron chi connectivity index (χ1n) is 8.23. The lowest BCUT2D eigenvalue weighted by Crippen LogP contribution is -2.37. The molecule has 0 spiro atoms. The minimum Gasteiger partial charge on any atom is -0.440 e. The molecule has 0 radical (unpaired) electrons. The highest BCUT2D eigenvalue weighted by atomic mass is 32.1. The fourth-order valence-electron chi connectivity index (χ4n) is 2.59. The first-order valence-corrected chi connectivity index (χ1v) is 9.11. The maximum Gasteiger partial charge on any atom is 0.236 e. The maximum atomic E-state index is 12.8. The molecule has 0 aromatic carbocycles. The summed E-state index contributed by atoms with van der Waals surface area (Å²) in [5.41, 5.74) is 1.71. The summed E-state index contributed by atoms with van der Waals surface area (Å²) in [6, 6.07) is 7.87. The number of oxazole rings is 1. The van der Waals surface area contributed by atoms with E-state index in [1.807, 2.05) is 55.3 Å². The molecule has 0 N–H and O–H groups in total. The van der Waals surface area contributed by atoms with E-state index in [0.29, 0.717) is 23.9 Å². The summed E-state index contributed by atoms with van der Waals surface area (Å²) in [6.45, 7) is 6.43. The number of pyridine rings is 1. The normalized spacial score (nSPS) is 11.0. The smallest absolute Gasteiger partial charge is 0.236 e. The number of thiophene rings is 1. The van der Waals surface area contributed by atoms with Crippen LogP contribution in [-0.4, -0.2) is 26.8 Å². The van der Waals surface area contributed by atoms with Gasteiger partial charge < -0.3 is 9.32 Å². The van der Waals surface area contributed by atoms with Gasteiger partial charge in [0.1, 0.15) is 5.76 Å². The topological polar surface area (TPSA) is 59.2 Å². The van der Waals surface area contributed by atoms with Crippen LogP contribution in [0.3, 0.4) is 0 Å². The molecule has 3 aromatic rings. The van der Waals surface area contributed by atoms with Crippen LogP contribution in [0.15, 0.2) is 46.5 Å². The number of hydrogen-bond acceptors (Lipinski definition) is 5. The fourth-order valence-corrected chi connectivity index (χ4v) is 3.24. The Kier molecular flexibility index (Phi) is 5.28. The van der Waals surface area contributed by atoms with Crippen molar-refractivity contribution in [3.8, 4) is 10.8 Å². The van der Waals surface area contributed by atoms with Crippen LogP contribution in [0.25, 0.3) is 10.8 Å². The minimum atomic E-state index is 0.0352. The number of nitrogens with zero attached hydrogens (tertiary/aromatic N) is 3. The lowest BCUT2D eigenvalue weighted by Gasteiger charge is -2.26. The molecule has 0 fully saturated rings. The third-order valence-electron chi connectivity index (χ3n) is 3.96. The largest absolute Gasteiger partial charge is 0.440 e. The minimum absolute atomic E-state index is 0.0352. The third kappa shape index (κ3) is 4.14. The van der Waals surface area contributed by atoms with Crippen LogP contribution in [-0.2, 0) is 17.8 Å². The number of rotatable bonds is 6. The quantitative estimate of drug-likeness (QED) is 0.668. The van der Waals surface area contributed by atoms with E-state index in [1.165, 1.54) is 0 Å². The van der Waals surface area contributed by atoms with E-state index >= 15 is 0 Å². The molecule has 0 saturated carbocycles. The van der Waals surface area contributed by atoms with E-state index in [4.69, 9.17) is 4.42 Å². The van der Waals surface area contributed by atoms with Crippen molar-refractivity contribution in [1.82, 2.24) is 14.9 Å². The summed E-state index contributed by atoms with van der Waals surface area (Å²) in [6.07, 6.45) is 3.76. The van der Waals surface area contributed by atoms with Crippen LogP contribution in [0.5, 0.6) is 0 Å². The first kappa shape index (κ1) is 17.4. The summed E-state index contributed by atoms with van der Waals surface area (Å²) in [4.78, 5) is 24.3. The zero-order chi connectivity index (χ0) is 17.8. The van der Waals surface area contributed by atoms with Crippen molar-refractivity contribution in [1.29, 1.82) is 0 Å².